The van der Waals surface area contributed by atoms with Gasteiger partial charge in [-0.2, -0.15) is 0 Å². The Hall–Kier alpha value is -3.39. The first-order valence-corrected chi connectivity index (χ1v) is 10.7. The highest BCUT2D eigenvalue weighted by atomic mass is 16.5. The number of rotatable bonds is 6. The van der Waals surface area contributed by atoms with Crippen LogP contribution in [0.1, 0.15) is 30.7 Å². The summed E-state index contributed by atoms with van der Waals surface area (Å²) in [5, 5.41) is 13.4. The maximum atomic E-state index is 13.2. The molecule has 160 valence electrons. The zero-order chi connectivity index (χ0) is 21.2. The SMILES string of the molecule is O=C(Nc1cnccc1OCCN1CCCC1)C1=C(O)CCc2c1nc1ccccn21. The minimum atomic E-state index is -0.417. The van der Waals surface area contributed by atoms with Crippen LogP contribution in [-0.2, 0) is 11.2 Å². The normalized spacial score (nSPS) is 16.5. The standard InChI is InChI=1S/C23H25N5O3/c29-18-7-6-17-22(26-20-5-1-2-12-28(17)20)21(18)23(30)25-16-15-24-9-8-19(16)31-14-13-27-10-3-4-11-27/h1-2,5,8-9,12,15,29H,3-4,6-7,10-11,13-14H2,(H,25,30). The quantitative estimate of drug-likeness (QED) is 0.638. The van der Waals surface area contributed by atoms with Gasteiger partial charge >= 0.3 is 0 Å². The molecule has 31 heavy (non-hydrogen) atoms. The number of aliphatic hydroxyl groups is 1. The van der Waals surface area contributed by atoms with Gasteiger partial charge in [0.25, 0.3) is 5.91 Å². The highest BCUT2D eigenvalue weighted by Gasteiger charge is 2.29. The Morgan fingerprint density at radius 2 is 2.06 bits per heavy atom. The van der Waals surface area contributed by atoms with Crippen LogP contribution >= 0.6 is 0 Å². The molecule has 0 radical (unpaired) electrons. The number of amides is 1. The number of aromatic nitrogens is 3. The van der Waals surface area contributed by atoms with E-state index in [2.05, 4.69) is 20.2 Å². The van der Waals surface area contributed by atoms with Crippen LogP contribution in [-0.4, -0.2) is 56.5 Å². The van der Waals surface area contributed by atoms with E-state index in [0.29, 0.717) is 36.6 Å². The number of hydrogen-bond acceptors (Lipinski definition) is 6. The molecule has 0 atom stereocenters. The molecule has 3 aromatic rings. The molecule has 0 saturated carbocycles. The van der Waals surface area contributed by atoms with Crippen molar-refractivity contribution >= 4 is 22.8 Å². The van der Waals surface area contributed by atoms with E-state index in [1.54, 1.807) is 18.5 Å². The minimum Gasteiger partial charge on any atom is -0.511 e. The first kappa shape index (κ1) is 19.6. The fourth-order valence-electron chi connectivity index (χ4n) is 4.30. The first-order valence-electron chi connectivity index (χ1n) is 10.7. The van der Waals surface area contributed by atoms with Gasteiger partial charge in [0.2, 0.25) is 0 Å². The number of carbonyl (C=O) groups excluding carboxylic acids is 1. The van der Waals surface area contributed by atoms with Crippen LogP contribution in [0.3, 0.4) is 0 Å². The van der Waals surface area contributed by atoms with Crippen LogP contribution < -0.4 is 10.1 Å². The molecule has 5 rings (SSSR count). The topological polar surface area (TPSA) is 92.0 Å². The number of anilines is 1. The van der Waals surface area contributed by atoms with E-state index >= 15 is 0 Å². The van der Waals surface area contributed by atoms with E-state index in [-0.39, 0.29) is 11.3 Å². The number of hydrogen-bond donors (Lipinski definition) is 2. The van der Waals surface area contributed by atoms with E-state index < -0.39 is 5.91 Å². The molecule has 0 spiro atoms. The molecule has 8 nitrogen and oxygen atoms in total. The van der Waals surface area contributed by atoms with Gasteiger partial charge in [-0.05, 0) is 44.5 Å². The number of nitrogens with one attached hydrogen (secondary N) is 1. The lowest BCUT2D eigenvalue weighted by atomic mass is 9.97. The maximum absolute atomic E-state index is 13.2. The summed E-state index contributed by atoms with van der Waals surface area (Å²) in [5.41, 5.74) is 2.88. The Kier molecular flexibility index (Phi) is 5.30. The first-order chi connectivity index (χ1) is 15.2. The fourth-order valence-corrected chi connectivity index (χ4v) is 4.30. The molecule has 1 aliphatic carbocycles. The number of carbonyl (C=O) groups is 1. The summed E-state index contributed by atoms with van der Waals surface area (Å²) >= 11 is 0. The molecule has 0 bridgehead atoms. The molecule has 1 aliphatic heterocycles. The maximum Gasteiger partial charge on any atom is 0.261 e. The third-order valence-corrected chi connectivity index (χ3v) is 5.87. The van der Waals surface area contributed by atoms with Gasteiger partial charge in [0.15, 0.2) is 0 Å². The molecule has 4 heterocycles. The number of imidazole rings is 1. The van der Waals surface area contributed by atoms with E-state index in [4.69, 9.17) is 4.74 Å². The van der Waals surface area contributed by atoms with Crippen molar-refractivity contribution in [3.05, 3.63) is 60.0 Å². The summed E-state index contributed by atoms with van der Waals surface area (Å²) in [6.07, 6.45) is 8.62. The fraction of sp³-hybridized carbons (Fsp3) is 0.348. The molecular formula is C23H25N5O3. The molecule has 2 N–H and O–H groups in total. The molecular weight excluding hydrogens is 394 g/mol. The van der Waals surface area contributed by atoms with E-state index in [0.717, 1.165) is 31.0 Å². The zero-order valence-electron chi connectivity index (χ0n) is 17.3. The monoisotopic (exact) mass is 419 g/mol. The second kappa shape index (κ2) is 8.39. The Balaban J connectivity index is 1.36. The number of aryl methyl sites for hydroxylation is 1. The number of pyridine rings is 2. The molecule has 1 fully saturated rings. The van der Waals surface area contributed by atoms with Crippen molar-refractivity contribution in [2.24, 2.45) is 0 Å². The summed E-state index contributed by atoms with van der Waals surface area (Å²) in [4.78, 5) is 24.3. The van der Waals surface area contributed by atoms with Crippen LogP contribution in [0.4, 0.5) is 5.69 Å². The van der Waals surface area contributed by atoms with E-state index in [9.17, 15) is 9.90 Å². The van der Waals surface area contributed by atoms with Crippen LogP contribution in [0, 0.1) is 0 Å². The Morgan fingerprint density at radius 3 is 2.94 bits per heavy atom. The summed E-state index contributed by atoms with van der Waals surface area (Å²) < 4.78 is 7.90. The smallest absolute Gasteiger partial charge is 0.261 e. The van der Waals surface area contributed by atoms with Gasteiger partial charge in [-0.25, -0.2) is 4.98 Å². The Bertz CT molecular complexity index is 1150. The minimum absolute atomic E-state index is 0.0498. The third-order valence-electron chi connectivity index (χ3n) is 5.87. The number of fused-ring (bicyclic) bond motifs is 3. The Morgan fingerprint density at radius 1 is 1.19 bits per heavy atom. The third kappa shape index (κ3) is 3.86. The van der Waals surface area contributed by atoms with Gasteiger partial charge in [0, 0.05) is 31.4 Å². The van der Waals surface area contributed by atoms with Gasteiger partial charge in [0.1, 0.15) is 40.7 Å². The number of ether oxygens (including phenoxy) is 1. The molecule has 8 heteroatoms. The van der Waals surface area contributed by atoms with E-state index in [1.807, 2.05) is 28.8 Å². The van der Waals surface area contributed by atoms with Crippen molar-refractivity contribution in [1.29, 1.82) is 0 Å². The number of nitrogens with zero attached hydrogens (tertiary/aromatic N) is 4. The van der Waals surface area contributed by atoms with Gasteiger partial charge in [-0.3, -0.25) is 14.7 Å². The van der Waals surface area contributed by atoms with Gasteiger partial charge in [-0.15, -0.1) is 0 Å². The van der Waals surface area contributed by atoms with Gasteiger partial charge in [-0.1, -0.05) is 6.07 Å². The predicted molar refractivity (Wildman–Crippen MR) is 117 cm³/mol. The lowest BCUT2D eigenvalue weighted by molar-refractivity contribution is -0.111. The van der Waals surface area contributed by atoms with Crippen molar-refractivity contribution in [1.82, 2.24) is 19.3 Å². The van der Waals surface area contributed by atoms with Crippen LogP contribution in [0.2, 0.25) is 0 Å². The molecule has 0 unspecified atom stereocenters. The van der Waals surface area contributed by atoms with Crippen molar-refractivity contribution in [3.8, 4) is 5.75 Å². The summed E-state index contributed by atoms with van der Waals surface area (Å²) in [6, 6.07) is 7.45. The van der Waals surface area contributed by atoms with Crippen molar-refractivity contribution in [3.63, 3.8) is 0 Å². The average Bonchev–Trinajstić information content (AvgIpc) is 3.42. The van der Waals surface area contributed by atoms with Crippen LogP contribution in [0.15, 0.2) is 48.6 Å². The summed E-state index contributed by atoms with van der Waals surface area (Å²) in [7, 11) is 0. The number of allylic oxidation sites excluding steroid dienone is 1. The number of likely N-dealkylation sites (tertiary alicyclic amines) is 1. The van der Waals surface area contributed by atoms with Crippen molar-refractivity contribution in [2.45, 2.75) is 25.7 Å². The lowest BCUT2D eigenvalue weighted by Crippen LogP contribution is -2.25. The second-order valence-corrected chi connectivity index (χ2v) is 7.88. The van der Waals surface area contributed by atoms with Crippen LogP contribution in [0.25, 0.3) is 11.2 Å². The van der Waals surface area contributed by atoms with Crippen molar-refractivity contribution < 1.29 is 14.6 Å². The molecule has 1 saturated heterocycles. The zero-order valence-corrected chi connectivity index (χ0v) is 17.3. The van der Waals surface area contributed by atoms with Gasteiger partial charge in [0.05, 0.1) is 11.9 Å². The number of aliphatic hydroxyl groups excluding tert-OH is 1. The summed E-state index contributed by atoms with van der Waals surface area (Å²) in [5.74, 6) is 0.196. The molecule has 0 aromatic carbocycles. The molecule has 2 aliphatic rings. The van der Waals surface area contributed by atoms with E-state index in [1.165, 1.54) is 12.8 Å². The largest absolute Gasteiger partial charge is 0.511 e. The lowest BCUT2D eigenvalue weighted by Gasteiger charge is -2.18. The molecule has 3 aromatic heterocycles. The highest BCUT2D eigenvalue weighted by Crippen LogP contribution is 2.32. The molecule has 1 amide bonds. The van der Waals surface area contributed by atoms with Gasteiger partial charge < -0.3 is 19.6 Å². The Labute approximate surface area is 180 Å². The summed E-state index contributed by atoms with van der Waals surface area (Å²) in [6.45, 7) is 3.61. The predicted octanol–water partition coefficient (Wildman–Crippen LogP) is 3.06. The highest BCUT2D eigenvalue weighted by molar-refractivity contribution is 6.26. The second-order valence-electron chi connectivity index (χ2n) is 7.88. The van der Waals surface area contributed by atoms with Crippen LogP contribution in [0.5, 0.6) is 5.75 Å². The van der Waals surface area contributed by atoms with Crippen molar-refractivity contribution in [2.75, 3.05) is 31.6 Å². The average molecular weight is 419 g/mol.